The maximum atomic E-state index is 12.8. The monoisotopic (exact) mass is 348 g/mol. The summed E-state index contributed by atoms with van der Waals surface area (Å²) in [6.45, 7) is 1.90. The molecule has 1 atom stereocenters. The van der Waals surface area contributed by atoms with E-state index in [2.05, 4.69) is 15.5 Å². The first-order valence-electron chi connectivity index (χ1n) is 8.16. The summed E-state index contributed by atoms with van der Waals surface area (Å²) in [7, 11) is 0. The first-order chi connectivity index (χ1) is 11.1. The van der Waals surface area contributed by atoms with E-state index >= 15 is 0 Å². The molecule has 4 rings (SSSR count). The van der Waals surface area contributed by atoms with Gasteiger partial charge < -0.3 is 5.32 Å². The molecule has 0 aliphatic heterocycles. The highest BCUT2D eigenvalue weighted by atomic mass is 32.1. The van der Waals surface area contributed by atoms with Crippen LogP contribution in [0.3, 0.4) is 0 Å². The number of amides is 1. The Morgan fingerprint density at radius 2 is 2.13 bits per heavy atom. The number of nitrogens with zero attached hydrogens (tertiary/aromatic N) is 2. The molecule has 0 spiro atoms. The molecule has 2 aliphatic rings. The molecule has 5 nitrogen and oxygen atoms in total. The predicted molar refractivity (Wildman–Crippen MR) is 92.8 cm³/mol. The van der Waals surface area contributed by atoms with Crippen LogP contribution >= 0.6 is 23.6 Å². The molecule has 2 aromatic heterocycles. The summed E-state index contributed by atoms with van der Waals surface area (Å²) in [5.41, 5.74) is 0. The SMILES string of the molecule is C[C@@H](C(=O)NC(C1CC1)C1CC1)n1c(-c2cccs2)n[nH]c1=S. The van der Waals surface area contributed by atoms with Crippen LogP contribution in [0.4, 0.5) is 0 Å². The van der Waals surface area contributed by atoms with Gasteiger partial charge in [0.1, 0.15) is 6.04 Å². The molecule has 2 saturated carbocycles. The normalized spacial score (nSPS) is 19.0. The summed E-state index contributed by atoms with van der Waals surface area (Å²) in [5.74, 6) is 2.16. The van der Waals surface area contributed by atoms with E-state index in [4.69, 9.17) is 12.2 Å². The van der Waals surface area contributed by atoms with Gasteiger partial charge in [-0.05, 0) is 68.1 Å². The fourth-order valence-electron chi connectivity index (χ4n) is 3.18. The quantitative estimate of drug-likeness (QED) is 0.785. The fraction of sp³-hybridized carbons (Fsp3) is 0.562. The van der Waals surface area contributed by atoms with Gasteiger partial charge in [-0.1, -0.05) is 6.07 Å². The largest absolute Gasteiger partial charge is 0.351 e. The van der Waals surface area contributed by atoms with Crippen LogP contribution in [0.5, 0.6) is 0 Å². The summed E-state index contributed by atoms with van der Waals surface area (Å²) in [4.78, 5) is 13.8. The summed E-state index contributed by atoms with van der Waals surface area (Å²) in [6, 6.07) is 3.96. The van der Waals surface area contributed by atoms with E-state index in [1.165, 1.54) is 25.7 Å². The summed E-state index contributed by atoms with van der Waals surface area (Å²) < 4.78 is 2.32. The molecule has 2 aliphatic carbocycles. The molecule has 0 saturated heterocycles. The van der Waals surface area contributed by atoms with Crippen molar-refractivity contribution in [1.82, 2.24) is 20.1 Å². The van der Waals surface area contributed by atoms with Crippen molar-refractivity contribution < 1.29 is 4.79 Å². The molecule has 0 radical (unpaired) electrons. The molecule has 2 fully saturated rings. The molecule has 0 bridgehead atoms. The standard InChI is InChI=1S/C16H20N4OS2/c1-9(15(21)17-13(10-4-5-10)11-6-7-11)20-14(18-19-16(20)22)12-3-2-8-23-12/h2-3,8-11,13H,4-7H2,1H3,(H,17,21)(H,19,22)/t9-/m0/s1. The molecule has 1 amide bonds. The van der Waals surface area contributed by atoms with E-state index in [-0.39, 0.29) is 11.9 Å². The van der Waals surface area contributed by atoms with E-state index in [0.717, 1.165) is 10.7 Å². The summed E-state index contributed by atoms with van der Waals surface area (Å²) in [5, 5.41) is 12.4. The lowest BCUT2D eigenvalue weighted by atomic mass is 10.1. The van der Waals surface area contributed by atoms with Crippen LogP contribution in [0, 0.1) is 16.6 Å². The van der Waals surface area contributed by atoms with E-state index in [1.54, 1.807) is 11.3 Å². The van der Waals surface area contributed by atoms with Crippen LogP contribution in [-0.4, -0.2) is 26.7 Å². The highest BCUT2D eigenvalue weighted by Crippen LogP contribution is 2.44. The second-order valence-corrected chi connectivity index (χ2v) is 7.92. The number of nitrogens with one attached hydrogen (secondary N) is 2. The number of aromatic amines is 1. The van der Waals surface area contributed by atoms with Crippen molar-refractivity contribution >= 4 is 29.5 Å². The Hall–Kier alpha value is -1.47. The van der Waals surface area contributed by atoms with Gasteiger partial charge in [-0.3, -0.25) is 14.5 Å². The van der Waals surface area contributed by atoms with Crippen molar-refractivity contribution in [3.05, 3.63) is 22.3 Å². The molecule has 0 aromatic carbocycles. The number of carbonyl (C=O) groups is 1. The third kappa shape index (κ3) is 2.99. The third-order valence-electron chi connectivity index (χ3n) is 4.78. The number of H-pyrrole nitrogens is 1. The Morgan fingerprint density at radius 3 is 2.70 bits per heavy atom. The van der Waals surface area contributed by atoms with E-state index < -0.39 is 0 Å². The van der Waals surface area contributed by atoms with Gasteiger partial charge in [0, 0.05) is 6.04 Å². The van der Waals surface area contributed by atoms with Crippen LogP contribution in [0.15, 0.2) is 17.5 Å². The fourth-order valence-corrected chi connectivity index (χ4v) is 4.18. The minimum absolute atomic E-state index is 0.0455. The lowest BCUT2D eigenvalue weighted by Crippen LogP contribution is -2.41. The Labute approximate surface area is 144 Å². The summed E-state index contributed by atoms with van der Waals surface area (Å²) in [6.07, 6.45) is 5.01. The first kappa shape index (κ1) is 15.1. The van der Waals surface area contributed by atoms with Crippen LogP contribution in [0.2, 0.25) is 0 Å². The molecular formula is C16H20N4OS2. The Morgan fingerprint density at radius 1 is 1.43 bits per heavy atom. The molecule has 23 heavy (non-hydrogen) atoms. The van der Waals surface area contributed by atoms with Gasteiger partial charge in [0.25, 0.3) is 0 Å². The zero-order valence-electron chi connectivity index (χ0n) is 13.0. The number of carbonyl (C=O) groups excluding carboxylic acids is 1. The lowest BCUT2D eigenvalue weighted by molar-refractivity contribution is -0.124. The average Bonchev–Trinajstić information content (AvgIpc) is 3.46. The highest BCUT2D eigenvalue weighted by Gasteiger charge is 2.42. The van der Waals surface area contributed by atoms with Crippen LogP contribution < -0.4 is 5.32 Å². The van der Waals surface area contributed by atoms with Crippen molar-refractivity contribution in [2.75, 3.05) is 0 Å². The second-order valence-electron chi connectivity index (χ2n) is 6.58. The average molecular weight is 348 g/mol. The Kier molecular flexibility index (Phi) is 3.85. The van der Waals surface area contributed by atoms with Crippen molar-refractivity contribution in [2.45, 2.75) is 44.7 Å². The zero-order valence-corrected chi connectivity index (χ0v) is 14.6. The smallest absolute Gasteiger partial charge is 0.243 e. The van der Waals surface area contributed by atoms with Crippen molar-refractivity contribution in [2.24, 2.45) is 11.8 Å². The van der Waals surface area contributed by atoms with Gasteiger partial charge in [-0.15, -0.1) is 11.3 Å². The zero-order chi connectivity index (χ0) is 16.0. The lowest BCUT2D eigenvalue weighted by Gasteiger charge is -2.21. The van der Waals surface area contributed by atoms with E-state index in [9.17, 15) is 4.79 Å². The molecule has 2 heterocycles. The number of thiophene rings is 1. The second kappa shape index (κ2) is 5.87. The van der Waals surface area contributed by atoms with Gasteiger partial charge in [0.2, 0.25) is 5.91 Å². The summed E-state index contributed by atoms with van der Waals surface area (Å²) >= 11 is 6.95. The first-order valence-corrected chi connectivity index (χ1v) is 9.45. The molecule has 122 valence electrons. The molecule has 2 aromatic rings. The predicted octanol–water partition coefficient (Wildman–Crippen LogP) is 3.53. The minimum atomic E-state index is -0.363. The van der Waals surface area contributed by atoms with Crippen molar-refractivity contribution in [3.8, 4) is 10.7 Å². The number of rotatable bonds is 6. The van der Waals surface area contributed by atoms with E-state index in [1.807, 2.05) is 29.0 Å². The Balaban J connectivity index is 1.56. The Bertz CT molecular complexity index is 743. The molecule has 2 N–H and O–H groups in total. The van der Waals surface area contributed by atoms with Gasteiger partial charge in [-0.25, -0.2) is 0 Å². The van der Waals surface area contributed by atoms with Crippen LogP contribution in [0.1, 0.15) is 38.6 Å². The number of hydrogen-bond donors (Lipinski definition) is 2. The minimum Gasteiger partial charge on any atom is -0.351 e. The number of aromatic nitrogens is 3. The number of hydrogen-bond acceptors (Lipinski definition) is 4. The van der Waals surface area contributed by atoms with Crippen LogP contribution in [-0.2, 0) is 4.79 Å². The van der Waals surface area contributed by atoms with Gasteiger partial charge >= 0.3 is 0 Å². The maximum absolute atomic E-state index is 12.8. The van der Waals surface area contributed by atoms with Gasteiger partial charge in [0.15, 0.2) is 10.6 Å². The topological polar surface area (TPSA) is 62.7 Å². The van der Waals surface area contributed by atoms with Crippen molar-refractivity contribution in [3.63, 3.8) is 0 Å². The van der Waals surface area contributed by atoms with Crippen molar-refractivity contribution in [1.29, 1.82) is 0 Å². The van der Waals surface area contributed by atoms with Crippen LogP contribution in [0.25, 0.3) is 10.7 Å². The van der Waals surface area contributed by atoms with E-state index in [0.29, 0.717) is 22.6 Å². The maximum Gasteiger partial charge on any atom is 0.243 e. The van der Waals surface area contributed by atoms with Gasteiger partial charge in [-0.2, -0.15) is 5.10 Å². The highest BCUT2D eigenvalue weighted by molar-refractivity contribution is 7.71. The molecule has 0 unspecified atom stereocenters. The molecular weight excluding hydrogens is 328 g/mol. The third-order valence-corrected chi connectivity index (χ3v) is 5.94. The molecule has 7 heteroatoms. The van der Waals surface area contributed by atoms with Gasteiger partial charge in [0.05, 0.1) is 4.88 Å².